The topological polar surface area (TPSA) is 53.0 Å². The lowest BCUT2D eigenvalue weighted by Crippen LogP contribution is -2.47. The van der Waals surface area contributed by atoms with Crippen LogP contribution in [0.4, 0.5) is 17.6 Å². The minimum absolute atomic E-state index is 0.00782. The van der Waals surface area contributed by atoms with Crippen molar-refractivity contribution in [3.05, 3.63) is 35.1 Å². The molecule has 0 aliphatic carbocycles. The molecule has 1 aliphatic heterocycles. The largest absolute Gasteiger partial charge is 0.480 e. The number of rotatable bonds is 6. The zero-order valence-corrected chi connectivity index (χ0v) is 13.7. The number of morpholine rings is 1. The first kappa shape index (κ1) is 19.6. The van der Waals surface area contributed by atoms with Gasteiger partial charge in [-0.15, -0.1) is 0 Å². The molecule has 25 heavy (non-hydrogen) atoms. The van der Waals surface area contributed by atoms with E-state index in [2.05, 4.69) is 0 Å². The summed E-state index contributed by atoms with van der Waals surface area (Å²) in [6.45, 7) is 1.41. The van der Waals surface area contributed by atoms with Crippen molar-refractivity contribution >= 4 is 5.97 Å². The van der Waals surface area contributed by atoms with E-state index < -0.39 is 23.5 Å². The Morgan fingerprint density at radius 2 is 2.16 bits per heavy atom. The first-order valence-electron chi connectivity index (χ1n) is 7.75. The van der Waals surface area contributed by atoms with Crippen LogP contribution in [0.15, 0.2) is 18.2 Å². The predicted octanol–water partition coefficient (Wildman–Crippen LogP) is 2.06. The van der Waals surface area contributed by atoms with Gasteiger partial charge in [-0.2, -0.15) is 13.2 Å². The van der Waals surface area contributed by atoms with E-state index in [0.29, 0.717) is 32.3 Å². The summed E-state index contributed by atoms with van der Waals surface area (Å²) >= 11 is 0. The molecule has 0 saturated carbocycles. The van der Waals surface area contributed by atoms with Crippen LogP contribution in [-0.4, -0.2) is 66.8 Å². The molecule has 1 unspecified atom stereocenters. The smallest absolute Gasteiger partial charge is 0.416 e. The number of halogens is 4. The van der Waals surface area contributed by atoms with Gasteiger partial charge in [0.1, 0.15) is 5.82 Å². The highest BCUT2D eigenvalue weighted by molar-refractivity contribution is 5.69. The maximum absolute atomic E-state index is 13.2. The van der Waals surface area contributed by atoms with Crippen LogP contribution in [0.2, 0.25) is 0 Å². The van der Waals surface area contributed by atoms with Crippen molar-refractivity contribution in [2.24, 2.45) is 0 Å². The van der Waals surface area contributed by atoms with Crippen LogP contribution in [0.25, 0.3) is 0 Å². The van der Waals surface area contributed by atoms with Crippen molar-refractivity contribution in [3.63, 3.8) is 0 Å². The van der Waals surface area contributed by atoms with Crippen molar-refractivity contribution in [2.75, 3.05) is 39.8 Å². The van der Waals surface area contributed by atoms with Gasteiger partial charge in [-0.05, 0) is 24.7 Å². The van der Waals surface area contributed by atoms with Gasteiger partial charge < -0.3 is 9.84 Å². The highest BCUT2D eigenvalue weighted by Gasteiger charge is 2.34. The number of likely N-dealkylation sites (N-methyl/N-ethyl adjacent to an activating group) is 1. The number of aliphatic carboxylic acids is 1. The van der Waals surface area contributed by atoms with E-state index in [-0.39, 0.29) is 24.8 Å². The van der Waals surface area contributed by atoms with Crippen molar-refractivity contribution < 1.29 is 32.2 Å². The van der Waals surface area contributed by atoms with Gasteiger partial charge in [0.05, 0.1) is 24.8 Å². The molecule has 9 heteroatoms. The molecule has 1 N–H and O–H groups in total. The van der Waals surface area contributed by atoms with Crippen LogP contribution in [0, 0.1) is 5.82 Å². The third kappa shape index (κ3) is 5.94. The highest BCUT2D eigenvalue weighted by Crippen LogP contribution is 2.33. The molecule has 1 aliphatic rings. The van der Waals surface area contributed by atoms with Crippen LogP contribution in [-0.2, 0) is 22.3 Å². The molecule has 140 valence electrons. The quantitative estimate of drug-likeness (QED) is 0.784. The fourth-order valence-corrected chi connectivity index (χ4v) is 2.87. The van der Waals surface area contributed by atoms with E-state index in [4.69, 9.17) is 9.84 Å². The summed E-state index contributed by atoms with van der Waals surface area (Å²) in [7, 11) is 1.64. The first-order chi connectivity index (χ1) is 11.6. The van der Waals surface area contributed by atoms with Gasteiger partial charge in [0.25, 0.3) is 0 Å². The minimum Gasteiger partial charge on any atom is -0.480 e. The second-order valence-electron chi connectivity index (χ2n) is 6.12. The molecule has 1 heterocycles. The molecular formula is C16H20F4N2O3. The number of ether oxygens (including phenoxy) is 1. The molecular weight excluding hydrogens is 344 g/mol. The first-order valence-corrected chi connectivity index (χ1v) is 7.75. The van der Waals surface area contributed by atoms with Crippen molar-refractivity contribution in [1.29, 1.82) is 0 Å². The number of hydrogen-bond acceptors (Lipinski definition) is 4. The third-order valence-electron chi connectivity index (χ3n) is 3.91. The van der Waals surface area contributed by atoms with Gasteiger partial charge >= 0.3 is 12.1 Å². The number of benzene rings is 1. The summed E-state index contributed by atoms with van der Waals surface area (Å²) in [6.07, 6.45) is -4.92. The average Bonchev–Trinajstić information content (AvgIpc) is 2.47. The summed E-state index contributed by atoms with van der Waals surface area (Å²) in [5, 5.41) is 8.76. The van der Waals surface area contributed by atoms with Crippen molar-refractivity contribution in [2.45, 2.75) is 18.8 Å². The molecule has 5 nitrogen and oxygen atoms in total. The van der Waals surface area contributed by atoms with E-state index in [1.54, 1.807) is 16.8 Å². The van der Waals surface area contributed by atoms with E-state index in [9.17, 15) is 22.4 Å². The fraction of sp³-hybridized carbons (Fsp3) is 0.562. The molecule has 1 aromatic carbocycles. The van der Waals surface area contributed by atoms with Crippen molar-refractivity contribution in [3.8, 4) is 0 Å². The van der Waals surface area contributed by atoms with E-state index in [1.807, 2.05) is 0 Å². The molecule has 1 saturated heterocycles. The Morgan fingerprint density at radius 1 is 1.44 bits per heavy atom. The Labute approximate surface area is 142 Å². The van der Waals surface area contributed by atoms with Crippen LogP contribution in [0.5, 0.6) is 0 Å². The average molecular weight is 364 g/mol. The van der Waals surface area contributed by atoms with Crippen LogP contribution >= 0.6 is 0 Å². The second-order valence-corrected chi connectivity index (χ2v) is 6.12. The Balaban J connectivity index is 2.02. The standard InChI is InChI=1S/C16H20F4N2O3/c1-21(10-15(23)24)8-13-9-22(4-5-25-13)7-11-2-3-12(17)6-14(11)16(18,19)20/h2-3,6,13H,4-5,7-10H2,1H3,(H,23,24). The molecule has 0 radical (unpaired) electrons. The van der Waals surface area contributed by atoms with E-state index in [0.717, 1.165) is 12.1 Å². The number of carboxylic acid groups (broad SMARTS) is 1. The number of nitrogens with zero attached hydrogens (tertiary/aromatic N) is 2. The van der Waals surface area contributed by atoms with Gasteiger partial charge in [0.2, 0.25) is 0 Å². The van der Waals surface area contributed by atoms with Gasteiger partial charge in [0.15, 0.2) is 0 Å². The van der Waals surface area contributed by atoms with E-state index >= 15 is 0 Å². The van der Waals surface area contributed by atoms with Crippen LogP contribution < -0.4 is 0 Å². The molecule has 0 bridgehead atoms. The zero-order chi connectivity index (χ0) is 18.6. The fourth-order valence-electron chi connectivity index (χ4n) is 2.87. The SMILES string of the molecule is CN(CC(=O)O)CC1CN(Cc2ccc(F)cc2C(F)(F)F)CCO1. The molecule has 2 rings (SSSR count). The molecule has 1 atom stereocenters. The van der Waals surface area contributed by atoms with Crippen LogP contribution in [0.1, 0.15) is 11.1 Å². The summed E-state index contributed by atoms with van der Waals surface area (Å²) in [6, 6.07) is 2.68. The Hall–Kier alpha value is -1.71. The lowest BCUT2D eigenvalue weighted by Gasteiger charge is -2.35. The summed E-state index contributed by atoms with van der Waals surface area (Å²) in [5.41, 5.74) is -0.966. The Morgan fingerprint density at radius 3 is 2.80 bits per heavy atom. The Kier molecular flexibility index (Phi) is 6.36. The van der Waals surface area contributed by atoms with Gasteiger partial charge in [-0.1, -0.05) is 6.07 Å². The van der Waals surface area contributed by atoms with Crippen molar-refractivity contribution in [1.82, 2.24) is 9.80 Å². The summed E-state index contributed by atoms with van der Waals surface area (Å²) < 4.78 is 58.0. The molecule has 0 amide bonds. The number of hydrogen-bond donors (Lipinski definition) is 1. The Bertz CT molecular complexity index is 610. The maximum atomic E-state index is 13.2. The lowest BCUT2D eigenvalue weighted by molar-refractivity contribution is -0.139. The number of carbonyl (C=O) groups is 1. The highest BCUT2D eigenvalue weighted by atomic mass is 19.4. The van der Waals surface area contributed by atoms with Gasteiger partial charge in [0, 0.05) is 26.2 Å². The number of carboxylic acids is 1. The van der Waals surface area contributed by atoms with Gasteiger partial charge in [-0.3, -0.25) is 14.6 Å². The second kappa shape index (κ2) is 8.11. The van der Waals surface area contributed by atoms with Gasteiger partial charge in [-0.25, -0.2) is 4.39 Å². The monoisotopic (exact) mass is 364 g/mol. The molecule has 1 aromatic rings. The number of alkyl halides is 3. The van der Waals surface area contributed by atoms with E-state index in [1.165, 1.54) is 0 Å². The molecule has 0 aromatic heterocycles. The minimum atomic E-state index is -4.62. The summed E-state index contributed by atoms with van der Waals surface area (Å²) in [4.78, 5) is 14.1. The predicted molar refractivity (Wildman–Crippen MR) is 81.6 cm³/mol. The molecule has 0 spiro atoms. The molecule has 1 fully saturated rings. The summed E-state index contributed by atoms with van der Waals surface area (Å²) in [5.74, 6) is -1.89. The zero-order valence-electron chi connectivity index (χ0n) is 13.7. The normalized spacial score (nSPS) is 19.4. The van der Waals surface area contributed by atoms with Crippen LogP contribution in [0.3, 0.4) is 0 Å². The third-order valence-corrected chi connectivity index (χ3v) is 3.91. The lowest BCUT2D eigenvalue weighted by atomic mass is 10.1. The maximum Gasteiger partial charge on any atom is 0.416 e.